The summed E-state index contributed by atoms with van der Waals surface area (Å²) in [5.41, 5.74) is 1.69. The van der Waals surface area contributed by atoms with Crippen LogP contribution in [0.25, 0.3) is 10.9 Å². The molecule has 5 nitrogen and oxygen atoms in total. The van der Waals surface area contributed by atoms with Crippen LogP contribution in [0.1, 0.15) is 10.4 Å². The molecule has 3 rings (SSSR count). The highest BCUT2D eigenvalue weighted by Gasteiger charge is 2.13. The number of aryl methyl sites for hydroxylation is 2. The number of hydrogen-bond donors (Lipinski definition) is 1. The molecule has 5 heteroatoms. The lowest BCUT2D eigenvalue weighted by molar-refractivity contribution is 0.102. The molecule has 0 aliphatic carbocycles. The number of amides is 1. The van der Waals surface area contributed by atoms with E-state index in [9.17, 15) is 4.79 Å². The number of carbonyl (C=O) groups excluding carboxylic acids is 1. The fourth-order valence-electron chi connectivity index (χ4n) is 2.16. The summed E-state index contributed by atoms with van der Waals surface area (Å²) in [7, 11) is 3.80. The minimum absolute atomic E-state index is 0.147. The number of aromatic nitrogens is 3. The second-order valence-corrected chi connectivity index (χ2v) is 4.48. The van der Waals surface area contributed by atoms with Crippen LogP contribution in [0.3, 0.4) is 0 Å². The normalized spacial score (nSPS) is 10.8. The van der Waals surface area contributed by atoms with Crippen LogP contribution < -0.4 is 5.32 Å². The topological polar surface area (TPSA) is 51.9 Å². The van der Waals surface area contributed by atoms with Gasteiger partial charge in [-0.2, -0.15) is 0 Å². The molecular weight excluding hydrogens is 240 g/mol. The molecule has 96 valence electrons. The Morgan fingerprint density at radius 2 is 2.00 bits per heavy atom. The second-order valence-electron chi connectivity index (χ2n) is 4.48. The number of rotatable bonds is 2. The molecule has 3 aromatic rings. The van der Waals surface area contributed by atoms with E-state index in [1.807, 2.05) is 49.1 Å². The lowest BCUT2D eigenvalue weighted by atomic mass is 10.1. The van der Waals surface area contributed by atoms with Crippen LogP contribution in [-0.4, -0.2) is 20.0 Å². The summed E-state index contributed by atoms with van der Waals surface area (Å²) in [5, 5.41) is 3.75. The maximum Gasteiger partial charge on any atom is 0.258 e. The average Bonchev–Trinajstić information content (AvgIpc) is 2.97. The van der Waals surface area contributed by atoms with E-state index in [-0.39, 0.29) is 5.91 Å². The van der Waals surface area contributed by atoms with Gasteiger partial charge in [0.15, 0.2) is 0 Å². The number of hydrogen-bond acceptors (Lipinski definition) is 2. The van der Waals surface area contributed by atoms with Gasteiger partial charge in [0.05, 0.1) is 0 Å². The zero-order valence-corrected chi connectivity index (χ0v) is 10.8. The number of benzene rings is 1. The van der Waals surface area contributed by atoms with Crippen molar-refractivity contribution in [2.24, 2.45) is 14.1 Å². The highest BCUT2D eigenvalue weighted by Crippen LogP contribution is 2.20. The molecule has 0 radical (unpaired) electrons. The van der Waals surface area contributed by atoms with Crippen molar-refractivity contribution < 1.29 is 4.79 Å². The van der Waals surface area contributed by atoms with Gasteiger partial charge in [-0.3, -0.25) is 10.1 Å². The van der Waals surface area contributed by atoms with Crippen LogP contribution >= 0.6 is 0 Å². The SMILES string of the molecule is Cn1ccnc1NC(=O)c1cccc2c1ccn2C. The van der Waals surface area contributed by atoms with E-state index in [0.29, 0.717) is 11.5 Å². The molecule has 0 saturated heterocycles. The summed E-state index contributed by atoms with van der Waals surface area (Å²) < 4.78 is 3.76. The summed E-state index contributed by atoms with van der Waals surface area (Å²) >= 11 is 0. The third-order valence-electron chi connectivity index (χ3n) is 3.22. The van der Waals surface area contributed by atoms with Gasteiger partial charge in [0, 0.05) is 49.2 Å². The molecule has 19 heavy (non-hydrogen) atoms. The summed E-state index contributed by atoms with van der Waals surface area (Å²) in [6.45, 7) is 0. The monoisotopic (exact) mass is 254 g/mol. The maximum absolute atomic E-state index is 12.3. The number of fused-ring (bicyclic) bond motifs is 1. The Kier molecular flexibility index (Phi) is 2.59. The van der Waals surface area contributed by atoms with E-state index in [4.69, 9.17) is 0 Å². The van der Waals surface area contributed by atoms with Crippen molar-refractivity contribution in [1.29, 1.82) is 0 Å². The summed E-state index contributed by atoms with van der Waals surface area (Å²) in [6.07, 6.45) is 5.39. The Hall–Kier alpha value is -2.56. The zero-order chi connectivity index (χ0) is 13.4. The lowest BCUT2D eigenvalue weighted by Crippen LogP contribution is -2.15. The molecule has 2 heterocycles. The predicted molar refractivity (Wildman–Crippen MR) is 74.1 cm³/mol. The van der Waals surface area contributed by atoms with Crippen LogP contribution in [0.15, 0.2) is 42.9 Å². The maximum atomic E-state index is 12.3. The quantitative estimate of drug-likeness (QED) is 0.762. The molecule has 1 aromatic carbocycles. The van der Waals surface area contributed by atoms with Crippen molar-refractivity contribution in [2.45, 2.75) is 0 Å². The van der Waals surface area contributed by atoms with Crippen molar-refractivity contribution in [3.8, 4) is 0 Å². The van der Waals surface area contributed by atoms with Crippen LogP contribution in [-0.2, 0) is 14.1 Å². The molecule has 0 saturated carbocycles. The van der Waals surface area contributed by atoms with Crippen LogP contribution in [0.2, 0.25) is 0 Å². The van der Waals surface area contributed by atoms with Gasteiger partial charge in [0.25, 0.3) is 5.91 Å². The Labute approximate surface area is 110 Å². The van der Waals surface area contributed by atoms with E-state index >= 15 is 0 Å². The average molecular weight is 254 g/mol. The van der Waals surface area contributed by atoms with Crippen molar-refractivity contribution in [3.63, 3.8) is 0 Å². The van der Waals surface area contributed by atoms with E-state index in [0.717, 1.165) is 10.9 Å². The van der Waals surface area contributed by atoms with Gasteiger partial charge >= 0.3 is 0 Å². The smallest absolute Gasteiger partial charge is 0.258 e. The summed E-state index contributed by atoms with van der Waals surface area (Å²) in [6, 6.07) is 7.64. The number of nitrogens with one attached hydrogen (secondary N) is 1. The number of carbonyl (C=O) groups is 1. The fraction of sp³-hybridized carbons (Fsp3) is 0.143. The largest absolute Gasteiger partial charge is 0.351 e. The first-order valence-corrected chi connectivity index (χ1v) is 5.99. The van der Waals surface area contributed by atoms with Gasteiger partial charge in [-0.15, -0.1) is 0 Å². The van der Waals surface area contributed by atoms with Gasteiger partial charge in [0.2, 0.25) is 5.95 Å². The lowest BCUT2D eigenvalue weighted by Gasteiger charge is -2.06. The molecule has 2 aromatic heterocycles. The Morgan fingerprint density at radius 1 is 1.16 bits per heavy atom. The molecule has 0 spiro atoms. The van der Waals surface area contributed by atoms with Crippen LogP contribution in [0, 0.1) is 0 Å². The van der Waals surface area contributed by atoms with Gasteiger partial charge in [-0.05, 0) is 18.2 Å². The minimum atomic E-state index is -0.147. The molecular formula is C14H14N4O. The molecule has 1 amide bonds. The van der Waals surface area contributed by atoms with Gasteiger partial charge in [-0.1, -0.05) is 6.07 Å². The fourth-order valence-corrected chi connectivity index (χ4v) is 2.16. The molecule has 0 unspecified atom stereocenters. The first-order chi connectivity index (χ1) is 9.16. The van der Waals surface area contributed by atoms with E-state index in [1.54, 1.807) is 17.0 Å². The van der Waals surface area contributed by atoms with E-state index in [2.05, 4.69) is 10.3 Å². The van der Waals surface area contributed by atoms with Crippen molar-refractivity contribution in [1.82, 2.24) is 14.1 Å². The number of nitrogens with zero attached hydrogens (tertiary/aromatic N) is 3. The second kappa shape index (κ2) is 4.28. The van der Waals surface area contributed by atoms with Crippen LogP contribution in [0.4, 0.5) is 5.95 Å². The summed E-state index contributed by atoms with van der Waals surface area (Å²) in [5.74, 6) is 0.393. The molecule has 0 aliphatic rings. The highest BCUT2D eigenvalue weighted by atomic mass is 16.1. The van der Waals surface area contributed by atoms with E-state index in [1.165, 1.54) is 0 Å². The van der Waals surface area contributed by atoms with Crippen LogP contribution in [0.5, 0.6) is 0 Å². The van der Waals surface area contributed by atoms with Gasteiger partial charge < -0.3 is 9.13 Å². The Balaban J connectivity index is 2.00. The van der Waals surface area contributed by atoms with Gasteiger partial charge in [-0.25, -0.2) is 4.98 Å². The third-order valence-corrected chi connectivity index (χ3v) is 3.22. The van der Waals surface area contributed by atoms with Crippen molar-refractivity contribution >= 4 is 22.8 Å². The van der Waals surface area contributed by atoms with E-state index < -0.39 is 0 Å². The highest BCUT2D eigenvalue weighted by molar-refractivity contribution is 6.12. The standard InChI is InChI=1S/C14H14N4O/c1-17-8-6-10-11(4-3-5-12(10)17)13(19)16-14-15-7-9-18(14)2/h3-9H,1-2H3,(H,15,16,19). The minimum Gasteiger partial charge on any atom is -0.351 e. The first-order valence-electron chi connectivity index (χ1n) is 5.99. The first kappa shape index (κ1) is 11.5. The molecule has 0 atom stereocenters. The van der Waals surface area contributed by atoms with Crippen molar-refractivity contribution in [3.05, 3.63) is 48.4 Å². The van der Waals surface area contributed by atoms with Gasteiger partial charge in [0.1, 0.15) is 0 Å². The molecule has 0 aliphatic heterocycles. The summed E-state index contributed by atoms with van der Waals surface area (Å²) in [4.78, 5) is 16.4. The Bertz CT molecular complexity index is 754. The number of anilines is 1. The molecule has 1 N–H and O–H groups in total. The van der Waals surface area contributed by atoms with Crippen molar-refractivity contribution in [2.75, 3.05) is 5.32 Å². The molecule has 0 bridgehead atoms. The third kappa shape index (κ3) is 1.89. The molecule has 0 fully saturated rings. The Morgan fingerprint density at radius 3 is 2.74 bits per heavy atom. The zero-order valence-electron chi connectivity index (χ0n) is 10.8. The number of imidazole rings is 1. The predicted octanol–water partition coefficient (Wildman–Crippen LogP) is 2.16.